The van der Waals surface area contributed by atoms with Gasteiger partial charge in [0.05, 0.1) is 0 Å². The third kappa shape index (κ3) is 4.44. The highest BCUT2D eigenvalue weighted by Gasteiger charge is 2.25. The summed E-state index contributed by atoms with van der Waals surface area (Å²) in [5.41, 5.74) is 2.93. The normalized spacial score (nSPS) is 16.2. The predicted octanol–water partition coefficient (Wildman–Crippen LogP) is 3.70. The van der Waals surface area contributed by atoms with E-state index < -0.39 is 5.38 Å². The van der Waals surface area contributed by atoms with Crippen LogP contribution in [0.5, 0.6) is 0 Å². The Morgan fingerprint density at radius 2 is 1.58 bits per heavy atom. The average Bonchev–Trinajstić information content (AvgIpc) is 2.69. The summed E-state index contributed by atoms with van der Waals surface area (Å²) in [6.07, 6.45) is 1.51. The summed E-state index contributed by atoms with van der Waals surface area (Å²) in [7, 11) is 0. The van der Waals surface area contributed by atoms with E-state index in [0.29, 0.717) is 18.7 Å². The Balaban J connectivity index is 1.58. The van der Waals surface area contributed by atoms with Crippen LogP contribution in [-0.4, -0.2) is 41.2 Å². The molecule has 1 heterocycles. The van der Waals surface area contributed by atoms with Crippen molar-refractivity contribution in [3.8, 4) is 11.1 Å². The number of nitrogens with one attached hydrogen (secondary N) is 1. The molecule has 3 rings (SSSR count). The van der Waals surface area contributed by atoms with Crippen molar-refractivity contribution in [1.82, 2.24) is 10.2 Å². The number of nitrogens with zero attached hydrogens (tertiary/aromatic N) is 1. The molecule has 0 saturated carbocycles. The average molecular weight is 371 g/mol. The number of rotatable bonds is 4. The van der Waals surface area contributed by atoms with Crippen LogP contribution in [0.4, 0.5) is 0 Å². The molecule has 2 amide bonds. The summed E-state index contributed by atoms with van der Waals surface area (Å²) in [4.78, 5) is 26.2. The molecule has 0 spiro atoms. The molecule has 4 nitrogen and oxygen atoms in total. The first-order valence-corrected chi connectivity index (χ1v) is 9.37. The van der Waals surface area contributed by atoms with Crippen LogP contribution in [0.2, 0.25) is 0 Å². The Hall–Kier alpha value is -2.33. The molecule has 136 valence electrons. The van der Waals surface area contributed by atoms with E-state index in [-0.39, 0.29) is 17.9 Å². The number of piperidine rings is 1. The van der Waals surface area contributed by atoms with E-state index in [1.54, 1.807) is 6.92 Å². The van der Waals surface area contributed by atoms with Gasteiger partial charge in [0.2, 0.25) is 5.91 Å². The van der Waals surface area contributed by atoms with Crippen LogP contribution in [0.15, 0.2) is 54.6 Å². The molecule has 1 aliphatic heterocycles. The van der Waals surface area contributed by atoms with Gasteiger partial charge in [-0.2, -0.15) is 0 Å². The maximum absolute atomic E-state index is 12.7. The predicted molar refractivity (Wildman–Crippen MR) is 104 cm³/mol. The van der Waals surface area contributed by atoms with Crippen LogP contribution in [0.1, 0.15) is 30.1 Å². The SMILES string of the molecule is CC(Cl)C(=O)NC1CCN(C(=O)c2ccc(-c3ccccc3)cc2)CC1. The van der Waals surface area contributed by atoms with Crippen LogP contribution >= 0.6 is 11.6 Å². The lowest BCUT2D eigenvalue weighted by molar-refractivity contribution is -0.121. The summed E-state index contributed by atoms with van der Waals surface area (Å²) in [6.45, 7) is 2.94. The lowest BCUT2D eigenvalue weighted by atomic mass is 10.0. The smallest absolute Gasteiger partial charge is 0.253 e. The first-order chi connectivity index (χ1) is 12.5. The summed E-state index contributed by atoms with van der Waals surface area (Å²) >= 11 is 5.79. The van der Waals surface area contributed by atoms with Crippen molar-refractivity contribution < 1.29 is 9.59 Å². The summed E-state index contributed by atoms with van der Waals surface area (Å²) in [6, 6.07) is 17.9. The van der Waals surface area contributed by atoms with E-state index in [1.165, 1.54) is 0 Å². The molecule has 0 aromatic heterocycles. The molecule has 0 aliphatic carbocycles. The van der Waals surface area contributed by atoms with Gasteiger partial charge >= 0.3 is 0 Å². The number of hydrogen-bond donors (Lipinski definition) is 1. The molecule has 1 N–H and O–H groups in total. The molecule has 2 aromatic rings. The van der Waals surface area contributed by atoms with E-state index >= 15 is 0 Å². The fraction of sp³-hybridized carbons (Fsp3) is 0.333. The number of carbonyl (C=O) groups excluding carboxylic acids is 2. The second-order valence-electron chi connectivity index (χ2n) is 6.63. The zero-order chi connectivity index (χ0) is 18.5. The van der Waals surface area contributed by atoms with Gasteiger partial charge in [0.1, 0.15) is 5.38 Å². The van der Waals surface area contributed by atoms with E-state index in [9.17, 15) is 9.59 Å². The molecule has 1 saturated heterocycles. The second-order valence-corrected chi connectivity index (χ2v) is 7.29. The maximum Gasteiger partial charge on any atom is 0.253 e. The van der Waals surface area contributed by atoms with Gasteiger partial charge < -0.3 is 10.2 Å². The number of benzene rings is 2. The second kappa shape index (κ2) is 8.37. The number of amides is 2. The number of halogens is 1. The third-order valence-corrected chi connectivity index (χ3v) is 4.93. The molecule has 1 aliphatic rings. The Kier molecular flexibility index (Phi) is 5.94. The Bertz CT molecular complexity index is 751. The summed E-state index contributed by atoms with van der Waals surface area (Å²) < 4.78 is 0. The zero-order valence-electron chi connectivity index (χ0n) is 14.8. The molecule has 26 heavy (non-hydrogen) atoms. The van der Waals surface area contributed by atoms with E-state index in [0.717, 1.165) is 24.0 Å². The van der Waals surface area contributed by atoms with Gasteiger partial charge in [-0.1, -0.05) is 42.5 Å². The molecular weight excluding hydrogens is 348 g/mol. The van der Waals surface area contributed by atoms with Gasteiger partial charge in [-0.3, -0.25) is 9.59 Å². The molecule has 2 aromatic carbocycles. The van der Waals surface area contributed by atoms with Crippen LogP contribution in [-0.2, 0) is 4.79 Å². The Morgan fingerprint density at radius 1 is 1.00 bits per heavy atom. The lowest BCUT2D eigenvalue weighted by Crippen LogP contribution is -2.47. The molecular formula is C21H23ClN2O2. The van der Waals surface area contributed by atoms with Crippen molar-refractivity contribution in [2.24, 2.45) is 0 Å². The monoisotopic (exact) mass is 370 g/mol. The maximum atomic E-state index is 12.7. The van der Waals surface area contributed by atoms with Gasteiger partial charge in [0.15, 0.2) is 0 Å². The van der Waals surface area contributed by atoms with Crippen molar-refractivity contribution in [2.45, 2.75) is 31.2 Å². The first-order valence-electron chi connectivity index (χ1n) is 8.94. The minimum absolute atomic E-state index is 0.0418. The molecule has 5 heteroatoms. The summed E-state index contributed by atoms with van der Waals surface area (Å²) in [5, 5.41) is 2.40. The molecule has 1 unspecified atom stereocenters. The van der Waals surface area contributed by atoms with Crippen molar-refractivity contribution in [1.29, 1.82) is 0 Å². The topological polar surface area (TPSA) is 49.4 Å². The van der Waals surface area contributed by atoms with Gasteiger partial charge in [0, 0.05) is 24.7 Å². The highest BCUT2D eigenvalue weighted by molar-refractivity contribution is 6.30. The number of carbonyl (C=O) groups is 2. The van der Waals surface area contributed by atoms with Gasteiger partial charge in [-0.15, -0.1) is 11.6 Å². The van der Waals surface area contributed by atoms with Crippen molar-refractivity contribution in [2.75, 3.05) is 13.1 Å². The fourth-order valence-electron chi connectivity index (χ4n) is 3.16. The number of likely N-dealkylation sites (tertiary alicyclic amines) is 1. The van der Waals surface area contributed by atoms with Crippen LogP contribution in [0.3, 0.4) is 0 Å². The van der Waals surface area contributed by atoms with Crippen LogP contribution in [0, 0.1) is 0 Å². The Labute approximate surface area is 159 Å². The van der Waals surface area contributed by atoms with E-state index in [2.05, 4.69) is 17.4 Å². The number of hydrogen-bond acceptors (Lipinski definition) is 2. The molecule has 0 bridgehead atoms. The highest BCUT2D eigenvalue weighted by Crippen LogP contribution is 2.21. The van der Waals surface area contributed by atoms with Crippen LogP contribution in [0.25, 0.3) is 11.1 Å². The summed E-state index contributed by atoms with van der Waals surface area (Å²) in [5.74, 6) is -0.104. The number of alkyl halides is 1. The molecule has 0 radical (unpaired) electrons. The van der Waals surface area contributed by atoms with Gasteiger partial charge in [-0.25, -0.2) is 0 Å². The van der Waals surface area contributed by atoms with Crippen molar-refractivity contribution in [3.05, 3.63) is 60.2 Å². The third-order valence-electron chi connectivity index (χ3n) is 4.73. The van der Waals surface area contributed by atoms with E-state index in [1.807, 2.05) is 47.4 Å². The van der Waals surface area contributed by atoms with Gasteiger partial charge in [0.25, 0.3) is 5.91 Å². The van der Waals surface area contributed by atoms with Crippen molar-refractivity contribution in [3.63, 3.8) is 0 Å². The Morgan fingerprint density at radius 3 is 2.15 bits per heavy atom. The van der Waals surface area contributed by atoms with E-state index in [4.69, 9.17) is 11.6 Å². The quantitative estimate of drug-likeness (QED) is 0.834. The minimum Gasteiger partial charge on any atom is -0.352 e. The highest BCUT2D eigenvalue weighted by atomic mass is 35.5. The standard InChI is InChI=1S/C21H23ClN2O2/c1-15(22)20(25)23-19-11-13-24(14-12-19)21(26)18-9-7-17(8-10-18)16-5-3-2-4-6-16/h2-10,15,19H,11-14H2,1H3,(H,23,25). The van der Waals surface area contributed by atoms with Gasteiger partial charge in [-0.05, 0) is 43.0 Å². The lowest BCUT2D eigenvalue weighted by Gasteiger charge is -2.32. The minimum atomic E-state index is -0.530. The first kappa shape index (κ1) is 18.5. The molecule has 1 fully saturated rings. The van der Waals surface area contributed by atoms with Crippen molar-refractivity contribution >= 4 is 23.4 Å². The fourth-order valence-corrected chi connectivity index (χ4v) is 3.22. The van der Waals surface area contributed by atoms with Crippen LogP contribution < -0.4 is 5.32 Å². The largest absolute Gasteiger partial charge is 0.352 e. The zero-order valence-corrected chi connectivity index (χ0v) is 15.6. The molecule has 1 atom stereocenters.